The molecule has 2 heterocycles. The molecule has 0 bridgehead atoms. The molecule has 3 rings (SSSR count). The van der Waals surface area contributed by atoms with Crippen molar-refractivity contribution in [2.24, 2.45) is 0 Å². The van der Waals surface area contributed by atoms with Crippen molar-refractivity contribution in [3.05, 3.63) is 66.1 Å². The molecule has 4 heteroatoms. The molecule has 1 amide bonds. The van der Waals surface area contributed by atoms with Gasteiger partial charge in [0.15, 0.2) is 5.76 Å². The van der Waals surface area contributed by atoms with Crippen molar-refractivity contribution in [2.75, 3.05) is 32.7 Å². The minimum Gasteiger partial charge on any atom is -0.459 e. The van der Waals surface area contributed by atoms with Crippen LogP contribution in [-0.2, 0) is 0 Å². The third kappa shape index (κ3) is 3.65. The lowest BCUT2D eigenvalue weighted by Gasteiger charge is -2.31. The van der Waals surface area contributed by atoms with Crippen LogP contribution >= 0.6 is 0 Å². The molecule has 1 saturated heterocycles. The molecule has 2 aromatic rings. The maximum absolute atomic E-state index is 12.2. The number of amides is 1. The number of furan rings is 1. The Balaban J connectivity index is 1.46. The molecule has 0 radical (unpaired) electrons. The van der Waals surface area contributed by atoms with Crippen LogP contribution in [0.1, 0.15) is 16.1 Å². The van der Waals surface area contributed by atoms with Crippen LogP contribution in [0.25, 0.3) is 6.08 Å². The number of hydrogen-bond acceptors (Lipinski definition) is 2. The van der Waals surface area contributed by atoms with Crippen LogP contribution in [0.4, 0.5) is 0 Å². The Morgan fingerprint density at radius 3 is 2.59 bits per heavy atom. The van der Waals surface area contributed by atoms with Gasteiger partial charge < -0.3 is 14.2 Å². The molecule has 1 N–H and O–H groups in total. The van der Waals surface area contributed by atoms with E-state index in [2.05, 4.69) is 24.3 Å². The summed E-state index contributed by atoms with van der Waals surface area (Å²) in [7, 11) is 0. The van der Waals surface area contributed by atoms with Crippen molar-refractivity contribution < 1.29 is 14.1 Å². The Morgan fingerprint density at radius 1 is 1.14 bits per heavy atom. The number of carbonyl (C=O) groups is 1. The number of carbonyl (C=O) groups excluding carboxylic acids is 1. The fraction of sp³-hybridized carbons (Fsp3) is 0.278. The van der Waals surface area contributed by atoms with Gasteiger partial charge in [-0.1, -0.05) is 36.4 Å². The van der Waals surface area contributed by atoms with Crippen molar-refractivity contribution in [3.63, 3.8) is 0 Å². The van der Waals surface area contributed by atoms with Gasteiger partial charge in [-0.15, -0.1) is 0 Å². The van der Waals surface area contributed by atoms with E-state index < -0.39 is 0 Å². The summed E-state index contributed by atoms with van der Waals surface area (Å²) in [5.74, 6) is 0.441. The standard InChI is InChI=1S/C18H20N2O2/c21-18(17-9-5-15-22-17)20-13-11-19(12-14-20)10-4-8-16-6-2-1-3-7-16/h1-9,15H,10-14H2/p+1/b8-4+. The minimum atomic E-state index is 0.00359. The zero-order valence-electron chi connectivity index (χ0n) is 12.6. The third-order valence-electron chi connectivity index (χ3n) is 4.01. The number of piperazine rings is 1. The maximum Gasteiger partial charge on any atom is 0.289 e. The first-order valence-corrected chi connectivity index (χ1v) is 7.71. The Morgan fingerprint density at radius 2 is 1.91 bits per heavy atom. The number of rotatable bonds is 4. The topological polar surface area (TPSA) is 37.9 Å². The first-order valence-electron chi connectivity index (χ1n) is 7.71. The van der Waals surface area contributed by atoms with Crippen LogP contribution in [0.5, 0.6) is 0 Å². The number of nitrogens with one attached hydrogen (secondary N) is 1. The highest BCUT2D eigenvalue weighted by Crippen LogP contribution is 2.05. The molecule has 0 saturated carbocycles. The quantitative estimate of drug-likeness (QED) is 0.924. The minimum absolute atomic E-state index is 0.00359. The normalized spacial score (nSPS) is 16.3. The predicted octanol–water partition coefficient (Wildman–Crippen LogP) is 1.33. The summed E-state index contributed by atoms with van der Waals surface area (Å²) in [5, 5.41) is 0. The van der Waals surface area contributed by atoms with Crippen LogP contribution in [0.15, 0.2) is 59.2 Å². The molecular weight excluding hydrogens is 276 g/mol. The summed E-state index contributed by atoms with van der Waals surface area (Å²) in [6.45, 7) is 4.52. The maximum atomic E-state index is 12.2. The van der Waals surface area contributed by atoms with E-state index in [-0.39, 0.29) is 5.91 Å². The van der Waals surface area contributed by atoms with Crippen molar-refractivity contribution >= 4 is 12.0 Å². The molecule has 0 unspecified atom stereocenters. The lowest BCUT2D eigenvalue weighted by atomic mass is 10.2. The van der Waals surface area contributed by atoms with E-state index in [1.807, 2.05) is 23.1 Å². The Kier molecular flexibility index (Phi) is 4.71. The van der Waals surface area contributed by atoms with Gasteiger partial charge in [-0.3, -0.25) is 4.79 Å². The highest BCUT2D eigenvalue weighted by molar-refractivity contribution is 5.91. The predicted molar refractivity (Wildman–Crippen MR) is 85.7 cm³/mol. The van der Waals surface area contributed by atoms with E-state index in [1.54, 1.807) is 18.4 Å². The lowest BCUT2D eigenvalue weighted by Crippen LogP contribution is -3.14. The highest BCUT2D eigenvalue weighted by Gasteiger charge is 2.25. The number of hydrogen-bond donors (Lipinski definition) is 1. The van der Waals surface area contributed by atoms with Crippen molar-refractivity contribution in [1.29, 1.82) is 0 Å². The van der Waals surface area contributed by atoms with Crippen LogP contribution in [0.2, 0.25) is 0 Å². The molecule has 4 nitrogen and oxygen atoms in total. The fourth-order valence-electron chi connectivity index (χ4n) is 2.71. The first-order chi connectivity index (χ1) is 10.8. The van der Waals surface area contributed by atoms with Gasteiger partial charge in [0.25, 0.3) is 5.91 Å². The summed E-state index contributed by atoms with van der Waals surface area (Å²) < 4.78 is 5.18. The monoisotopic (exact) mass is 297 g/mol. The van der Waals surface area contributed by atoms with Gasteiger partial charge in [-0.05, 0) is 23.8 Å². The van der Waals surface area contributed by atoms with Gasteiger partial charge in [0.1, 0.15) is 0 Å². The van der Waals surface area contributed by atoms with Crippen molar-refractivity contribution in [3.8, 4) is 0 Å². The average Bonchev–Trinajstić information content (AvgIpc) is 3.10. The second kappa shape index (κ2) is 7.09. The lowest BCUT2D eigenvalue weighted by molar-refractivity contribution is -0.898. The second-order valence-corrected chi connectivity index (χ2v) is 5.54. The Hall–Kier alpha value is -2.33. The Labute approximate surface area is 130 Å². The van der Waals surface area contributed by atoms with Gasteiger partial charge in [0.05, 0.1) is 39.0 Å². The second-order valence-electron chi connectivity index (χ2n) is 5.54. The molecular formula is C18H21N2O2+. The van der Waals surface area contributed by atoms with E-state index in [1.165, 1.54) is 10.5 Å². The van der Waals surface area contributed by atoms with E-state index >= 15 is 0 Å². The molecule has 1 aromatic carbocycles. The fourth-order valence-corrected chi connectivity index (χ4v) is 2.71. The van der Waals surface area contributed by atoms with Gasteiger partial charge in [0, 0.05) is 0 Å². The van der Waals surface area contributed by atoms with E-state index in [4.69, 9.17) is 4.42 Å². The molecule has 22 heavy (non-hydrogen) atoms. The molecule has 1 aromatic heterocycles. The zero-order valence-corrected chi connectivity index (χ0v) is 12.6. The smallest absolute Gasteiger partial charge is 0.289 e. The summed E-state index contributed by atoms with van der Waals surface area (Å²) in [5.41, 5.74) is 1.23. The molecule has 1 aliphatic heterocycles. The molecule has 0 atom stereocenters. The van der Waals surface area contributed by atoms with E-state index in [0.717, 1.165) is 32.7 Å². The Bertz CT molecular complexity index is 612. The third-order valence-corrected chi connectivity index (χ3v) is 4.01. The van der Waals surface area contributed by atoms with Gasteiger partial charge in [-0.2, -0.15) is 0 Å². The highest BCUT2D eigenvalue weighted by atomic mass is 16.3. The van der Waals surface area contributed by atoms with Crippen LogP contribution in [-0.4, -0.2) is 43.5 Å². The van der Waals surface area contributed by atoms with Gasteiger partial charge in [-0.25, -0.2) is 0 Å². The van der Waals surface area contributed by atoms with Gasteiger partial charge in [0.2, 0.25) is 0 Å². The molecule has 114 valence electrons. The summed E-state index contributed by atoms with van der Waals surface area (Å²) in [4.78, 5) is 15.6. The van der Waals surface area contributed by atoms with Crippen molar-refractivity contribution in [2.45, 2.75) is 0 Å². The van der Waals surface area contributed by atoms with Gasteiger partial charge >= 0.3 is 0 Å². The van der Waals surface area contributed by atoms with Crippen molar-refractivity contribution in [1.82, 2.24) is 4.90 Å². The summed E-state index contributed by atoms with van der Waals surface area (Å²) in [6, 6.07) is 13.8. The van der Waals surface area contributed by atoms with Crippen LogP contribution < -0.4 is 4.90 Å². The first kappa shape index (κ1) is 14.6. The largest absolute Gasteiger partial charge is 0.459 e. The molecule has 0 spiro atoms. The van der Waals surface area contributed by atoms with Crippen LogP contribution in [0, 0.1) is 0 Å². The van der Waals surface area contributed by atoms with Crippen LogP contribution in [0.3, 0.4) is 0 Å². The SMILES string of the molecule is O=C(c1ccco1)N1CC[NH+](C/C=C/c2ccccc2)CC1. The number of quaternary nitrogens is 1. The molecule has 0 aliphatic carbocycles. The molecule has 1 aliphatic rings. The number of nitrogens with zero attached hydrogens (tertiary/aromatic N) is 1. The number of benzene rings is 1. The summed E-state index contributed by atoms with van der Waals surface area (Å²) in [6.07, 6.45) is 5.92. The summed E-state index contributed by atoms with van der Waals surface area (Å²) >= 11 is 0. The zero-order chi connectivity index (χ0) is 15.2. The van der Waals surface area contributed by atoms with E-state index in [0.29, 0.717) is 5.76 Å². The molecule has 1 fully saturated rings. The van der Waals surface area contributed by atoms with E-state index in [9.17, 15) is 4.79 Å². The average molecular weight is 297 g/mol.